The van der Waals surface area contributed by atoms with E-state index in [1.165, 1.54) is 6.20 Å². The van der Waals surface area contributed by atoms with Crippen LogP contribution in [0, 0.1) is 0 Å². The summed E-state index contributed by atoms with van der Waals surface area (Å²) in [6.45, 7) is 5.07. The van der Waals surface area contributed by atoms with Crippen molar-refractivity contribution in [1.82, 2.24) is 34.5 Å². The Balaban J connectivity index is 0.000000861. The van der Waals surface area contributed by atoms with Gasteiger partial charge in [-0.05, 0) is 42.0 Å². The summed E-state index contributed by atoms with van der Waals surface area (Å²) in [4.78, 5) is 13.8. The molecule has 1 aromatic carbocycles. The number of rotatable bonds is 5. The molecule has 5 rings (SSSR count). The SMILES string of the molecule is CC.CC.Nc1ncccc1-c1nc2ccc(-c3cnn(C(F)F)n3)nc2n1-c1ccc(CO)cc1. The molecule has 0 radical (unpaired) electrons. The Morgan fingerprint density at radius 1 is 0.944 bits per heavy atom. The number of alkyl halides is 2. The highest BCUT2D eigenvalue weighted by molar-refractivity contribution is 5.84. The number of hydrogen-bond donors (Lipinski definition) is 2. The number of pyridine rings is 2. The minimum Gasteiger partial charge on any atom is -0.392 e. The Morgan fingerprint density at radius 3 is 2.28 bits per heavy atom. The van der Waals surface area contributed by atoms with Crippen LogP contribution in [0.1, 0.15) is 39.8 Å². The Morgan fingerprint density at radius 2 is 1.67 bits per heavy atom. The molecule has 188 valence electrons. The highest BCUT2D eigenvalue weighted by Crippen LogP contribution is 2.31. The van der Waals surface area contributed by atoms with Gasteiger partial charge in [-0.15, -0.1) is 9.90 Å². The average Bonchev–Trinajstić information content (AvgIpc) is 3.57. The van der Waals surface area contributed by atoms with Crippen LogP contribution >= 0.6 is 0 Å². The van der Waals surface area contributed by atoms with Crippen LogP contribution in [0.25, 0.3) is 39.6 Å². The first-order chi connectivity index (χ1) is 17.5. The number of aliphatic hydroxyl groups excluding tert-OH is 1. The summed E-state index contributed by atoms with van der Waals surface area (Å²) in [7, 11) is 0. The van der Waals surface area contributed by atoms with Gasteiger partial charge in [-0.2, -0.15) is 13.9 Å². The number of nitrogens with zero attached hydrogens (tertiary/aromatic N) is 7. The van der Waals surface area contributed by atoms with E-state index in [-0.39, 0.29) is 12.3 Å². The lowest BCUT2D eigenvalue weighted by Gasteiger charge is -2.11. The number of imidazole rings is 1. The second-order valence-corrected chi connectivity index (χ2v) is 6.90. The van der Waals surface area contributed by atoms with Crippen LogP contribution in [0.4, 0.5) is 14.6 Å². The fourth-order valence-corrected chi connectivity index (χ4v) is 3.37. The third-order valence-electron chi connectivity index (χ3n) is 4.91. The van der Waals surface area contributed by atoms with Crippen LogP contribution in [0.15, 0.2) is 60.9 Å². The molecule has 0 fully saturated rings. The molecule has 0 bridgehead atoms. The zero-order valence-corrected chi connectivity index (χ0v) is 20.5. The van der Waals surface area contributed by atoms with E-state index in [0.717, 1.165) is 11.3 Å². The molecule has 3 N–H and O–H groups in total. The molecule has 0 saturated heterocycles. The summed E-state index contributed by atoms with van der Waals surface area (Å²) in [6, 6.07) is 14.2. The van der Waals surface area contributed by atoms with Gasteiger partial charge >= 0.3 is 6.55 Å². The summed E-state index contributed by atoms with van der Waals surface area (Å²) in [6.07, 6.45) is 2.82. The van der Waals surface area contributed by atoms with E-state index in [2.05, 4.69) is 20.2 Å². The summed E-state index contributed by atoms with van der Waals surface area (Å²) in [5, 5.41) is 16.8. The number of benzene rings is 1. The van der Waals surface area contributed by atoms with Crippen LogP contribution in [0.3, 0.4) is 0 Å². The maximum atomic E-state index is 12.9. The predicted octanol–water partition coefficient (Wildman–Crippen LogP) is 5.26. The first-order valence-corrected chi connectivity index (χ1v) is 11.6. The number of nitrogen functional groups attached to an aromatic ring is 1. The number of hydrogen-bond acceptors (Lipinski definition) is 7. The largest absolute Gasteiger partial charge is 0.392 e. The summed E-state index contributed by atoms with van der Waals surface area (Å²) < 4.78 is 27.6. The van der Waals surface area contributed by atoms with E-state index < -0.39 is 6.55 Å². The normalized spacial score (nSPS) is 10.6. The maximum Gasteiger partial charge on any atom is 0.348 e. The fourth-order valence-electron chi connectivity index (χ4n) is 3.37. The number of fused-ring (bicyclic) bond motifs is 1. The van der Waals surface area contributed by atoms with E-state index in [1.807, 2.05) is 39.8 Å². The summed E-state index contributed by atoms with van der Waals surface area (Å²) in [5.74, 6) is 0.819. The lowest BCUT2D eigenvalue weighted by molar-refractivity contribution is 0.0415. The lowest BCUT2D eigenvalue weighted by Crippen LogP contribution is -2.03. The van der Waals surface area contributed by atoms with Crippen molar-refractivity contribution < 1.29 is 13.9 Å². The lowest BCUT2D eigenvalue weighted by atomic mass is 10.2. The topological polar surface area (TPSA) is 121 Å². The van der Waals surface area contributed by atoms with Gasteiger partial charge in [0.15, 0.2) is 11.5 Å². The predicted molar refractivity (Wildman–Crippen MR) is 135 cm³/mol. The summed E-state index contributed by atoms with van der Waals surface area (Å²) >= 11 is 0. The molecule has 0 amide bonds. The molecular weight excluding hydrogens is 466 g/mol. The third-order valence-corrected chi connectivity index (χ3v) is 4.91. The van der Waals surface area contributed by atoms with Crippen molar-refractivity contribution in [1.29, 1.82) is 0 Å². The Kier molecular flexibility index (Phi) is 8.74. The van der Waals surface area contributed by atoms with Crippen LogP contribution in [-0.4, -0.2) is 39.6 Å². The smallest absolute Gasteiger partial charge is 0.348 e. The molecule has 0 spiro atoms. The van der Waals surface area contributed by atoms with Crippen molar-refractivity contribution in [3.05, 3.63) is 66.5 Å². The molecule has 0 aliphatic carbocycles. The van der Waals surface area contributed by atoms with Gasteiger partial charge in [-0.1, -0.05) is 39.8 Å². The molecule has 36 heavy (non-hydrogen) atoms. The van der Waals surface area contributed by atoms with Crippen molar-refractivity contribution in [2.45, 2.75) is 40.9 Å². The first-order valence-electron chi connectivity index (χ1n) is 11.6. The van der Waals surface area contributed by atoms with E-state index >= 15 is 0 Å². The summed E-state index contributed by atoms with van der Waals surface area (Å²) in [5.41, 5.74) is 9.81. The van der Waals surface area contributed by atoms with E-state index in [4.69, 9.17) is 10.7 Å². The highest BCUT2D eigenvalue weighted by Gasteiger charge is 2.19. The Bertz CT molecular complexity index is 1410. The van der Waals surface area contributed by atoms with Gasteiger partial charge in [-0.25, -0.2) is 15.0 Å². The van der Waals surface area contributed by atoms with Crippen molar-refractivity contribution in [2.24, 2.45) is 0 Å². The molecule has 0 aliphatic rings. The van der Waals surface area contributed by atoms with E-state index in [0.29, 0.717) is 38.9 Å². The van der Waals surface area contributed by atoms with Gasteiger partial charge < -0.3 is 10.8 Å². The van der Waals surface area contributed by atoms with E-state index in [9.17, 15) is 13.9 Å². The number of nitrogens with two attached hydrogens (primary N) is 1. The molecule has 4 heterocycles. The number of anilines is 1. The molecule has 4 aromatic heterocycles. The minimum absolute atomic E-state index is 0.0877. The van der Waals surface area contributed by atoms with Gasteiger partial charge in [0, 0.05) is 11.9 Å². The monoisotopic (exact) mass is 494 g/mol. The molecule has 0 atom stereocenters. The second kappa shape index (κ2) is 11.9. The van der Waals surface area contributed by atoms with Crippen molar-refractivity contribution in [3.63, 3.8) is 0 Å². The van der Waals surface area contributed by atoms with E-state index in [1.54, 1.807) is 47.2 Å². The molecule has 5 aromatic rings. The van der Waals surface area contributed by atoms with Crippen LogP contribution in [0.2, 0.25) is 0 Å². The Hall–Kier alpha value is -4.25. The van der Waals surface area contributed by atoms with Gasteiger partial charge in [0.25, 0.3) is 0 Å². The quantitative estimate of drug-likeness (QED) is 0.342. The van der Waals surface area contributed by atoms with Gasteiger partial charge in [-0.3, -0.25) is 4.57 Å². The standard InChI is InChI=1S/C21H16F2N8O.2C2H6/c22-21(23)31-26-10-17(29-31)15-7-8-16-20(27-15)30(13-5-3-12(11-32)4-6-13)19(28-16)14-2-1-9-25-18(14)24;2*1-2/h1-10,21,32H,11H2,(H2,24,25);2*1-2H3. The zero-order chi connectivity index (χ0) is 26.2. The highest BCUT2D eigenvalue weighted by atomic mass is 19.3. The van der Waals surface area contributed by atoms with Crippen LogP contribution < -0.4 is 5.73 Å². The van der Waals surface area contributed by atoms with Crippen LogP contribution in [0.5, 0.6) is 0 Å². The molecular formula is C25H28F2N8O. The average molecular weight is 495 g/mol. The van der Waals surface area contributed by atoms with Crippen molar-refractivity contribution in [3.8, 4) is 28.5 Å². The fraction of sp³-hybridized carbons (Fsp3) is 0.240. The third kappa shape index (κ3) is 5.20. The molecule has 0 aliphatic heterocycles. The molecule has 0 unspecified atom stereocenters. The molecule has 11 heteroatoms. The van der Waals surface area contributed by atoms with Gasteiger partial charge in [0.2, 0.25) is 0 Å². The van der Waals surface area contributed by atoms with Crippen molar-refractivity contribution in [2.75, 3.05) is 5.73 Å². The number of aliphatic hydroxyl groups is 1. The minimum atomic E-state index is -2.84. The molecule has 9 nitrogen and oxygen atoms in total. The zero-order valence-electron chi connectivity index (χ0n) is 20.5. The Labute approximate surface area is 207 Å². The molecule has 0 saturated carbocycles. The first kappa shape index (κ1) is 26.4. The number of halogens is 2. The second-order valence-electron chi connectivity index (χ2n) is 6.90. The van der Waals surface area contributed by atoms with Gasteiger partial charge in [0.05, 0.1) is 24.1 Å². The van der Waals surface area contributed by atoms with Gasteiger partial charge in [0.1, 0.15) is 17.0 Å². The maximum absolute atomic E-state index is 12.9. The van der Waals surface area contributed by atoms with Crippen LogP contribution in [-0.2, 0) is 6.61 Å². The number of aromatic nitrogens is 7. The van der Waals surface area contributed by atoms with Crippen molar-refractivity contribution >= 4 is 17.0 Å².